The normalized spacial score (nSPS) is 16.8. The maximum atomic E-state index is 12.7. The summed E-state index contributed by atoms with van der Waals surface area (Å²) >= 11 is 1.25. The number of carbonyl (C=O) groups is 2. The number of aryl methyl sites for hydroxylation is 1. The molecule has 0 bridgehead atoms. The zero-order valence-electron chi connectivity index (χ0n) is 14.9. The van der Waals surface area contributed by atoms with Crippen molar-refractivity contribution in [3.05, 3.63) is 35.1 Å². The van der Waals surface area contributed by atoms with Crippen LogP contribution in [0.15, 0.2) is 23.7 Å². The summed E-state index contributed by atoms with van der Waals surface area (Å²) in [5.41, 5.74) is 4.59. The van der Waals surface area contributed by atoms with Crippen molar-refractivity contribution in [2.75, 3.05) is 11.9 Å². The molecule has 9 heteroatoms. The maximum Gasteiger partial charge on any atom is 0.226 e. The number of likely N-dealkylation sites (tertiary alicyclic amines) is 1. The Balaban J connectivity index is 1.41. The zero-order valence-corrected chi connectivity index (χ0v) is 15.8. The monoisotopic (exact) mass is 384 g/mol. The van der Waals surface area contributed by atoms with E-state index in [9.17, 15) is 9.59 Å². The number of nitrogens with one attached hydrogen (secondary N) is 2. The first-order valence-electron chi connectivity index (χ1n) is 8.92. The van der Waals surface area contributed by atoms with Crippen LogP contribution in [-0.2, 0) is 9.59 Å². The summed E-state index contributed by atoms with van der Waals surface area (Å²) in [6.45, 7) is 2.72. The van der Waals surface area contributed by atoms with Gasteiger partial charge in [-0.3, -0.25) is 9.59 Å². The standard InChI is InChI=1S/C18H20N6O2S/c1-11-4-2-5-12-16(11)22-17(20-12)13-6-3-9-24(13)15(26)8-7-14(25)21-18-23-19-10-27-18/h2,4-5,10,13H,3,6-9H2,1H3,(H,20,22)(H,21,23,25). The van der Waals surface area contributed by atoms with Crippen molar-refractivity contribution in [2.24, 2.45) is 0 Å². The third-order valence-electron chi connectivity index (χ3n) is 4.79. The molecule has 1 saturated heterocycles. The molecule has 2 aromatic heterocycles. The van der Waals surface area contributed by atoms with Crippen molar-refractivity contribution in [1.82, 2.24) is 25.1 Å². The van der Waals surface area contributed by atoms with Gasteiger partial charge in [-0.15, -0.1) is 10.2 Å². The van der Waals surface area contributed by atoms with Gasteiger partial charge in [0.15, 0.2) is 0 Å². The minimum Gasteiger partial charge on any atom is -0.340 e. The molecule has 1 fully saturated rings. The van der Waals surface area contributed by atoms with Gasteiger partial charge in [-0.05, 0) is 31.4 Å². The summed E-state index contributed by atoms with van der Waals surface area (Å²) < 4.78 is 0. The number of nitrogens with zero attached hydrogens (tertiary/aromatic N) is 4. The molecule has 1 aromatic carbocycles. The molecule has 8 nitrogen and oxygen atoms in total. The van der Waals surface area contributed by atoms with E-state index < -0.39 is 0 Å². The molecule has 1 atom stereocenters. The Morgan fingerprint density at radius 3 is 3.04 bits per heavy atom. The van der Waals surface area contributed by atoms with Crippen LogP contribution in [-0.4, -0.2) is 43.4 Å². The maximum absolute atomic E-state index is 12.7. The number of rotatable bonds is 5. The minimum atomic E-state index is -0.227. The van der Waals surface area contributed by atoms with Crippen LogP contribution in [0.4, 0.5) is 5.13 Å². The predicted octanol–water partition coefficient (Wildman–Crippen LogP) is 2.81. The summed E-state index contributed by atoms with van der Waals surface area (Å²) in [5, 5.41) is 10.5. The number of para-hydroxylation sites is 1. The number of aromatic nitrogens is 4. The molecule has 3 heterocycles. The van der Waals surface area contributed by atoms with E-state index in [2.05, 4.69) is 20.5 Å². The minimum absolute atomic E-state index is 0.0258. The first-order chi connectivity index (χ1) is 13.1. The summed E-state index contributed by atoms with van der Waals surface area (Å²) in [5.74, 6) is 0.570. The molecule has 27 heavy (non-hydrogen) atoms. The van der Waals surface area contributed by atoms with Gasteiger partial charge in [-0.25, -0.2) is 4.98 Å². The van der Waals surface area contributed by atoms with Gasteiger partial charge in [-0.2, -0.15) is 0 Å². The second-order valence-corrected chi connectivity index (χ2v) is 7.46. The Hall–Kier alpha value is -2.81. The van der Waals surface area contributed by atoms with Crippen molar-refractivity contribution in [3.8, 4) is 0 Å². The quantitative estimate of drug-likeness (QED) is 0.704. The smallest absolute Gasteiger partial charge is 0.226 e. The summed E-state index contributed by atoms with van der Waals surface area (Å²) in [6, 6.07) is 5.96. The van der Waals surface area contributed by atoms with Gasteiger partial charge in [0.05, 0.1) is 17.1 Å². The average molecular weight is 384 g/mol. The first kappa shape index (κ1) is 17.6. The second-order valence-electron chi connectivity index (χ2n) is 6.63. The first-order valence-corrected chi connectivity index (χ1v) is 9.80. The van der Waals surface area contributed by atoms with Crippen molar-refractivity contribution in [1.29, 1.82) is 0 Å². The van der Waals surface area contributed by atoms with Crippen molar-refractivity contribution in [2.45, 2.75) is 38.6 Å². The summed E-state index contributed by atoms with van der Waals surface area (Å²) in [4.78, 5) is 34.6. The molecule has 2 N–H and O–H groups in total. The summed E-state index contributed by atoms with van der Waals surface area (Å²) in [6.07, 6.45) is 2.10. The molecule has 1 unspecified atom stereocenters. The van der Waals surface area contributed by atoms with Crippen LogP contribution in [0, 0.1) is 6.92 Å². The van der Waals surface area contributed by atoms with Crippen LogP contribution < -0.4 is 5.32 Å². The zero-order chi connectivity index (χ0) is 18.8. The van der Waals surface area contributed by atoms with Crippen LogP contribution in [0.25, 0.3) is 11.0 Å². The molecule has 0 saturated carbocycles. The van der Waals surface area contributed by atoms with Crippen molar-refractivity contribution >= 4 is 39.3 Å². The van der Waals surface area contributed by atoms with E-state index in [1.165, 1.54) is 11.3 Å². The van der Waals surface area contributed by atoms with Crippen LogP contribution in [0.2, 0.25) is 0 Å². The predicted molar refractivity (Wildman–Crippen MR) is 102 cm³/mol. The fraction of sp³-hybridized carbons (Fsp3) is 0.389. The Kier molecular flexibility index (Phi) is 4.85. The van der Waals surface area contributed by atoms with Gasteiger partial charge in [0, 0.05) is 19.4 Å². The lowest BCUT2D eigenvalue weighted by Gasteiger charge is -2.23. The highest BCUT2D eigenvalue weighted by molar-refractivity contribution is 7.13. The number of benzene rings is 1. The highest BCUT2D eigenvalue weighted by Crippen LogP contribution is 2.32. The molecular formula is C18H20N6O2S. The number of aromatic amines is 1. The third kappa shape index (κ3) is 3.68. The van der Waals surface area contributed by atoms with E-state index in [-0.39, 0.29) is 30.7 Å². The molecule has 140 valence electrons. The second kappa shape index (κ2) is 7.43. The largest absolute Gasteiger partial charge is 0.340 e. The van der Waals surface area contributed by atoms with Gasteiger partial charge in [0.2, 0.25) is 16.9 Å². The highest BCUT2D eigenvalue weighted by atomic mass is 32.1. The number of anilines is 1. The van der Waals surface area contributed by atoms with E-state index in [0.29, 0.717) is 11.7 Å². The molecule has 0 radical (unpaired) electrons. The van der Waals surface area contributed by atoms with E-state index in [1.54, 1.807) is 5.51 Å². The average Bonchev–Trinajstić information content (AvgIpc) is 3.39. The fourth-order valence-corrected chi connectivity index (χ4v) is 3.94. The Morgan fingerprint density at radius 1 is 1.37 bits per heavy atom. The molecule has 0 spiro atoms. The molecule has 0 aliphatic carbocycles. The summed E-state index contributed by atoms with van der Waals surface area (Å²) in [7, 11) is 0. The van der Waals surface area contributed by atoms with Gasteiger partial charge in [0.1, 0.15) is 11.3 Å². The molecular weight excluding hydrogens is 364 g/mol. The van der Waals surface area contributed by atoms with Gasteiger partial charge in [-0.1, -0.05) is 23.5 Å². The van der Waals surface area contributed by atoms with Crippen LogP contribution in [0.3, 0.4) is 0 Å². The van der Waals surface area contributed by atoms with Gasteiger partial charge in [0.25, 0.3) is 0 Å². The molecule has 1 aliphatic heterocycles. The Morgan fingerprint density at radius 2 is 2.26 bits per heavy atom. The van der Waals surface area contributed by atoms with Crippen LogP contribution in [0.1, 0.15) is 43.1 Å². The SMILES string of the molecule is Cc1cccc2[nH]c(C3CCCN3C(=O)CCC(=O)Nc3nncs3)nc12. The van der Waals surface area contributed by atoms with Crippen molar-refractivity contribution in [3.63, 3.8) is 0 Å². The lowest BCUT2D eigenvalue weighted by molar-refractivity contribution is -0.133. The van der Waals surface area contributed by atoms with E-state index in [0.717, 1.165) is 35.3 Å². The third-order valence-corrected chi connectivity index (χ3v) is 5.40. The number of hydrogen-bond acceptors (Lipinski definition) is 6. The van der Waals surface area contributed by atoms with Crippen molar-refractivity contribution < 1.29 is 9.59 Å². The molecule has 3 aromatic rings. The number of imidazole rings is 1. The van der Waals surface area contributed by atoms with E-state index >= 15 is 0 Å². The molecule has 4 rings (SSSR count). The van der Waals surface area contributed by atoms with Gasteiger partial charge < -0.3 is 15.2 Å². The highest BCUT2D eigenvalue weighted by Gasteiger charge is 2.32. The number of carbonyl (C=O) groups excluding carboxylic acids is 2. The lowest BCUT2D eigenvalue weighted by atomic mass is 10.2. The fourth-order valence-electron chi connectivity index (χ4n) is 3.48. The van der Waals surface area contributed by atoms with Crippen LogP contribution >= 0.6 is 11.3 Å². The lowest BCUT2D eigenvalue weighted by Crippen LogP contribution is -2.31. The van der Waals surface area contributed by atoms with E-state index in [1.807, 2.05) is 30.0 Å². The van der Waals surface area contributed by atoms with Gasteiger partial charge >= 0.3 is 0 Å². The van der Waals surface area contributed by atoms with Crippen LogP contribution in [0.5, 0.6) is 0 Å². The molecule has 2 amide bonds. The Labute approximate surface area is 160 Å². The number of H-pyrrole nitrogens is 1. The number of amides is 2. The number of fused-ring (bicyclic) bond motifs is 1. The number of hydrogen-bond donors (Lipinski definition) is 2. The van der Waals surface area contributed by atoms with E-state index in [4.69, 9.17) is 4.98 Å². The Bertz CT molecular complexity index is 968. The topological polar surface area (TPSA) is 104 Å². The molecule has 1 aliphatic rings.